The minimum atomic E-state index is -0.529. The van der Waals surface area contributed by atoms with Crippen LogP contribution in [0.25, 0.3) is 0 Å². The summed E-state index contributed by atoms with van der Waals surface area (Å²) in [6.07, 6.45) is 2.06. The summed E-state index contributed by atoms with van der Waals surface area (Å²) in [7, 11) is 0. The summed E-state index contributed by atoms with van der Waals surface area (Å²) in [6.45, 7) is 2.60. The number of ether oxygens (including phenoxy) is 1. The first-order valence-electron chi connectivity index (χ1n) is 6.58. The molecule has 0 radical (unpaired) electrons. The highest BCUT2D eigenvalue weighted by atomic mass is 16.5. The van der Waals surface area contributed by atoms with Gasteiger partial charge in [0, 0.05) is 23.4 Å². The number of aliphatic hydroxyl groups is 1. The molecule has 0 fully saturated rings. The summed E-state index contributed by atoms with van der Waals surface area (Å²) in [5.74, 6) is 0.965. The molecule has 2 atom stereocenters. The van der Waals surface area contributed by atoms with Gasteiger partial charge in [0.2, 0.25) is 0 Å². The first-order valence-corrected chi connectivity index (χ1v) is 6.58. The van der Waals surface area contributed by atoms with Crippen molar-refractivity contribution in [2.75, 3.05) is 6.61 Å². The molecule has 1 aromatic carbocycles. The van der Waals surface area contributed by atoms with Gasteiger partial charge in [-0.1, -0.05) is 24.3 Å². The van der Waals surface area contributed by atoms with Crippen molar-refractivity contribution in [1.29, 1.82) is 0 Å². The highest BCUT2D eigenvalue weighted by Crippen LogP contribution is 2.40. The van der Waals surface area contributed by atoms with Crippen molar-refractivity contribution in [2.24, 2.45) is 0 Å². The summed E-state index contributed by atoms with van der Waals surface area (Å²) < 4.78 is 5.63. The lowest BCUT2D eigenvalue weighted by atomic mass is 9.85. The van der Waals surface area contributed by atoms with Gasteiger partial charge in [-0.2, -0.15) is 0 Å². The van der Waals surface area contributed by atoms with Crippen molar-refractivity contribution in [3.05, 3.63) is 59.4 Å². The molecule has 0 aliphatic carbocycles. The van der Waals surface area contributed by atoms with Crippen LogP contribution in [-0.2, 0) is 0 Å². The normalized spacial score (nSPS) is 19.4. The van der Waals surface area contributed by atoms with Crippen molar-refractivity contribution in [2.45, 2.75) is 25.4 Å². The molecule has 19 heavy (non-hydrogen) atoms. The summed E-state index contributed by atoms with van der Waals surface area (Å²) >= 11 is 0. The average molecular weight is 255 g/mol. The van der Waals surface area contributed by atoms with Crippen LogP contribution in [0.4, 0.5) is 0 Å². The fourth-order valence-electron chi connectivity index (χ4n) is 2.58. The second-order valence-electron chi connectivity index (χ2n) is 4.96. The lowest BCUT2D eigenvalue weighted by molar-refractivity contribution is 0.117. The Balaban J connectivity index is 1.92. The molecule has 1 aliphatic rings. The van der Waals surface area contributed by atoms with E-state index in [1.54, 1.807) is 6.20 Å². The number of nitrogens with zero attached hydrogens (tertiary/aromatic N) is 1. The standard InChI is InChI=1S/C16H17NO2/c1-11-6-7-12(10-17-11)16(18)14-8-9-19-15-5-3-2-4-13(14)15/h2-7,10,14,16,18H,8-9H2,1H3. The lowest BCUT2D eigenvalue weighted by Gasteiger charge is -2.29. The third-order valence-electron chi connectivity index (χ3n) is 3.66. The van der Waals surface area contributed by atoms with Crippen LogP contribution in [0.3, 0.4) is 0 Å². The van der Waals surface area contributed by atoms with Crippen molar-refractivity contribution in [3.63, 3.8) is 0 Å². The monoisotopic (exact) mass is 255 g/mol. The Morgan fingerprint density at radius 3 is 2.89 bits per heavy atom. The quantitative estimate of drug-likeness (QED) is 0.897. The topological polar surface area (TPSA) is 42.4 Å². The maximum absolute atomic E-state index is 10.6. The highest BCUT2D eigenvalue weighted by Gasteiger charge is 2.28. The Labute approximate surface area is 112 Å². The predicted octanol–water partition coefficient (Wildman–Crippen LogP) is 2.99. The Morgan fingerprint density at radius 2 is 2.11 bits per heavy atom. The number of para-hydroxylation sites is 1. The molecule has 1 N–H and O–H groups in total. The Morgan fingerprint density at radius 1 is 1.26 bits per heavy atom. The van der Waals surface area contributed by atoms with E-state index in [0.717, 1.165) is 29.0 Å². The molecule has 2 heterocycles. The number of pyridine rings is 1. The highest BCUT2D eigenvalue weighted by molar-refractivity contribution is 5.39. The van der Waals surface area contributed by atoms with E-state index in [1.807, 2.05) is 43.3 Å². The van der Waals surface area contributed by atoms with E-state index in [-0.39, 0.29) is 5.92 Å². The van der Waals surface area contributed by atoms with Gasteiger partial charge < -0.3 is 9.84 Å². The van der Waals surface area contributed by atoms with E-state index in [9.17, 15) is 5.11 Å². The lowest BCUT2D eigenvalue weighted by Crippen LogP contribution is -2.20. The van der Waals surface area contributed by atoms with Crippen LogP contribution >= 0.6 is 0 Å². The number of aryl methyl sites for hydroxylation is 1. The molecule has 1 aromatic heterocycles. The molecule has 0 spiro atoms. The van der Waals surface area contributed by atoms with E-state index in [1.165, 1.54) is 0 Å². The number of rotatable bonds is 2. The van der Waals surface area contributed by atoms with Gasteiger partial charge in [0.15, 0.2) is 0 Å². The molecule has 98 valence electrons. The maximum Gasteiger partial charge on any atom is 0.122 e. The van der Waals surface area contributed by atoms with Crippen LogP contribution in [-0.4, -0.2) is 16.7 Å². The smallest absolute Gasteiger partial charge is 0.122 e. The molecule has 1 aliphatic heterocycles. The number of aromatic nitrogens is 1. The first kappa shape index (κ1) is 12.2. The largest absolute Gasteiger partial charge is 0.493 e. The van der Waals surface area contributed by atoms with Gasteiger partial charge in [0.25, 0.3) is 0 Å². The predicted molar refractivity (Wildman–Crippen MR) is 73.2 cm³/mol. The van der Waals surface area contributed by atoms with Crippen molar-refractivity contribution < 1.29 is 9.84 Å². The molecule has 0 saturated carbocycles. The second kappa shape index (κ2) is 5.02. The van der Waals surface area contributed by atoms with Gasteiger partial charge in [-0.05, 0) is 31.0 Å². The van der Waals surface area contributed by atoms with Gasteiger partial charge in [0.05, 0.1) is 12.7 Å². The Hall–Kier alpha value is -1.87. The maximum atomic E-state index is 10.6. The van der Waals surface area contributed by atoms with Crippen LogP contribution in [0.5, 0.6) is 5.75 Å². The van der Waals surface area contributed by atoms with Crippen LogP contribution in [0.15, 0.2) is 42.6 Å². The molecule has 3 nitrogen and oxygen atoms in total. The van der Waals surface area contributed by atoms with Gasteiger partial charge in [-0.25, -0.2) is 0 Å². The van der Waals surface area contributed by atoms with Gasteiger partial charge in [-0.15, -0.1) is 0 Å². The molecule has 0 bridgehead atoms. The molecule has 3 rings (SSSR count). The van der Waals surface area contributed by atoms with Gasteiger partial charge >= 0.3 is 0 Å². The zero-order chi connectivity index (χ0) is 13.2. The van der Waals surface area contributed by atoms with E-state index in [0.29, 0.717) is 6.61 Å². The van der Waals surface area contributed by atoms with Crippen LogP contribution < -0.4 is 4.74 Å². The number of benzene rings is 1. The summed E-state index contributed by atoms with van der Waals surface area (Å²) in [6, 6.07) is 11.8. The fraction of sp³-hybridized carbons (Fsp3) is 0.312. The van der Waals surface area contributed by atoms with Crippen molar-refractivity contribution in [3.8, 4) is 5.75 Å². The summed E-state index contributed by atoms with van der Waals surface area (Å²) in [5, 5.41) is 10.6. The molecular weight excluding hydrogens is 238 g/mol. The average Bonchev–Trinajstić information content (AvgIpc) is 2.47. The zero-order valence-corrected chi connectivity index (χ0v) is 10.9. The van der Waals surface area contributed by atoms with Crippen LogP contribution in [0, 0.1) is 6.92 Å². The van der Waals surface area contributed by atoms with E-state index in [2.05, 4.69) is 4.98 Å². The zero-order valence-electron chi connectivity index (χ0n) is 10.9. The summed E-state index contributed by atoms with van der Waals surface area (Å²) in [4.78, 5) is 4.26. The number of hydrogen-bond acceptors (Lipinski definition) is 3. The van der Waals surface area contributed by atoms with Gasteiger partial charge in [-0.3, -0.25) is 4.98 Å². The van der Waals surface area contributed by atoms with Crippen molar-refractivity contribution in [1.82, 2.24) is 4.98 Å². The first-order chi connectivity index (χ1) is 9.25. The number of fused-ring (bicyclic) bond motifs is 1. The number of aliphatic hydroxyl groups excluding tert-OH is 1. The number of hydrogen-bond donors (Lipinski definition) is 1. The van der Waals surface area contributed by atoms with E-state index >= 15 is 0 Å². The SMILES string of the molecule is Cc1ccc(C(O)C2CCOc3ccccc32)cn1. The van der Waals surface area contributed by atoms with Crippen molar-refractivity contribution >= 4 is 0 Å². The molecule has 2 unspecified atom stereocenters. The molecular formula is C16H17NO2. The van der Waals surface area contributed by atoms with Crippen LogP contribution in [0.2, 0.25) is 0 Å². The molecule has 0 amide bonds. The van der Waals surface area contributed by atoms with Crippen LogP contribution in [0.1, 0.15) is 35.3 Å². The Bertz CT molecular complexity index is 565. The third kappa shape index (κ3) is 2.34. The Kier molecular flexibility index (Phi) is 3.22. The van der Waals surface area contributed by atoms with Gasteiger partial charge in [0.1, 0.15) is 5.75 Å². The minimum absolute atomic E-state index is 0.0782. The summed E-state index contributed by atoms with van der Waals surface area (Å²) in [5.41, 5.74) is 2.91. The van der Waals surface area contributed by atoms with E-state index in [4.69, 9.17) is 4.74 Å². The minimum Gasteiger partial charge on any atom is -0.493 e. The van der Waals surface area contributed by atoms with E-state index < -0.39 is 6.10 Å². The fourth-order valence-corrected chi connectivity index (χ4v) is 2.58. The molecule has 3 heteroatoms. The second-order valence-corrected chi connectivity index (χ2v) is 4.96. The third-order valence-corrected chi connectivity index (χ3v) is 3.66. The molecule has 0 saturated heterocycles. The molecule has 2 aromatic rings.